The number of nitrogens with one attached hydrogen (secondary N) is 1. The molecule has 6 aromatic rings. The van der Waals surface area contributed by atoms with Crippen LogP contribution in [0, 0.1) is 0 Å². The average Bonchev–Trinajstić information content (AvgIpc) is 3.47. The maximum Gasteiger partial charge on any atom is 0.408 e. The second-order valence-electron chi connectivity index (χ2n) is 11.7. The molecule has 3 N–H and O–H groups in total. The fraction of sp³-hybridized carbons (Fsp3) is 0.103. The molecule has 1 aliphatic rings. The molecular weight excluding hydrogens is 578 g/mol. The number of carbonyl (C=O) groups excluding carboxylic acids is 1. The lowest BCUT2D eigenvalue weighted by molar-refractivity contribution is -0.144. The molecule has 0 spiro atoms. The summed E-state index contributed by atoms with van der Waals surface area (Å²) in [7, 11) is 0. The first-order chi connectivity index (χ1) is 22.3. The minimum Gasteiger partial charge on any atom is -0.479 e. The van der Waals surface area contributed by atoms with E-state index in [1.807, 2.05) is 115 Å². The third-order valence-electron chi connectivity index (χ3n) is 8.80. The molecule has 7 rings (SSSR count). The number of carboxylic acid groups (broad SMARTS) is 2. The molecule has 0 heterocycles. The van der Waals surface area contributed by atoms with Crippen LogP contribution in [0.25, 0.3) is 43.8 Å². The van der Waals surface area contributed by atoms with Gasteiger partial charge in [0.15, 0.2) is 0 Å². The maximum absolute atomic E-state index is 13.1. The zero-order valence-corrected chi connectivity index (χ0v) is 24.7. The number of benzene rings is 6. The Bertz CT molecular complexity index is 2170. The normalized spacial score (nSPS) is 15.4. The van der Waals surface area contributed by atoms with Crippen LogP contribution in [-0.4, -0.2) is 33.8 Å². The van der Waals surface area contributed by atoms with E-state index in [9.17, 15) is 24.6 Å². The fourth-order valence-electron chi connectivity index (χ4n) is 6.55. The zero-order valence-electron chi connectivity index (χ0n) is 24.7. The van der Waals surface area contributed by atoms with Crippen LogP contribution in [0.2, 0.25) is 0 Å². The Labute approximate surface area is 264 Å². The van der Waals surface area contributed by atoms with Crippen LogP contribution in [0.5, 0.6) is 0 Å². The topological polar surface area (TPSA) is 113 Å². The van der Waals surface area contributed by atoms with Crippen molar-refractivity contribution in [2.45, 2.75) is 25.0 Å². The molecule has 0 unspecified atom stereocenters. The van der Waals surface area contributed by atoms with E-state index >= 15 is 0 Å². The Kier molecular flexibility index (Phi) is 7.21. The number of amides is 1. The molecule has 1 aliphatic carbocycles. The largest absolute Gasteiger partial charge is 0.479 e. The first-order valence-electron chi connectivity index (χ1n) is 14.9. The van der Waals surface area contributed by atoms with Gasteiger partial charge >= 0.3 is 18.0 Å². The summed E-state index contributed by atoms with van der Waals surface area (Å²) >= 11 is 0. The van der Waals surface area contributed by atoms with Crippen molar-refractivity contribution in [1.29, 1.82) is 0 Å². The van der Waals surface area contributed by atoms with E-state index in [4.69, 9.17) is 4.74 Å². The third kappa shape index (κ3) is 5.22. The van der Waals surface area contributed by atoms with E-state index in [-0.39, 0.29) is 25.0 Å². The summed E-state index contributed by atoms with van der Waals surface area (Å²) in [6, 6.07) is 38.0. The maximum atomic E-state index is 13.1. The van der Waals surface area contributed by atoms with Crippen LogP contribution in [0.3, 0.4) is 0 Å². The number of aliphatic carboxylic acids is 1. The van der Waals surface area contributed by atoms with Gasteiger partial charge in [0.25, 0.3) is 0 Å². The summed E-state index contributed by atoms with van der Waals surface area (Å²) in [6.45, 7) is -0.0246. The monoisotopic (exact) mass is 607 g/mol. The number of rotatable bonds is 7. The molecule has 0 saturated heterocycles. The van der Waals surface area contributed by atoms with Crippen molar-refractivity contribution in [2.75, 3.05) is 0 Å². The lowest BCUT2D eigenvalue weighted by Gasteiger charge is -2.25. The molecule has 0 radical (unpaired) electrons. The van der Waals surface area contributed by atoms with Gasteiger partial charge in [0, 0.05) is 12.8 Å². The quantitative estimate of drug-likeness (QED) is 0.170. The van der Waals surface area contributed by atoms with Crippen molar-refractivity contribution in [3.05, 3.63) is 144 Å². The van der Waals surface area contributed by atoms with Crippen molar-refractivity contribution < 1.29 is 29.3 Å². The van der Waals surface area contributed by atoms with Crippen molar-refractivity contribution in [2.24, 2.45) is 0 Å². The number of carboxylic acids is 2. The van der Waals surface area contributed by atoms with Crippen LogP contribution in [-0.2, 0) is 29.0 Å². The van der Waals surface area contributed by atoms with E-state index in [0.717, 1.165) is 32.7 Å². The molecule has 6 aromatic carbocycles. The van der Waals surface area contributed by atoms with Crippen molar-refractivity contribution in [3.8, 4) is 22.3 Å². The van der Waals surface area contributed by atoms with Crippen molar-refractivity contribution in [3.63, 3.8) is 0 Å². The van der Waals surface area contributed by atoms with Gasteiger partial charge in [-0.1, -0.05) is 103 Å². The highest BCUT2D eigenvalue weighted by Crippen LogP contribution is 2.45. The summed E-state index contributed by atoms with van der Waals surface area (Å²) < 4.78 is 5.44. The Morgan fingerprint density at radius 2 is 1.22 bits per heavy atom. The molecule has 46 heavy (non-hydrogen) atoms. The highest BCUT2D eigenvalue weighted by atomic mass is 16.5. The first kappa shape index (κ1) is 28.8. The Morgan fingerprint density at radius 1 is 0.652 bits per heavy atom. The van der Waals surface area contributed by atoms with E-state index in [2.05, 4.69) is 5.32 Å². The number of fused-ring (bicyclic) bond motifs is 3. The second-order valence-corrected chi connectivity index (χ2v) is 11.7. The number of alkyl carbamates (subject to hydrolysis) is 1. The van der Waals surface area contributed by atoms with Crippen LogP contribution in [0.4, 0.5) is 4.79 Å². The van der Waals surface area contributed by atoms with Gasteiger partial charge in [0.2, 0.25) is 0 Å². The van der Waals surface area contributed by atoms with Crippen LogP contribution >= 0.6 is 0 Å². The highest BCUT2D eigenvalue weighted by Gasteiger charge is 2.48. The molecule has 1 amide bonds. The van der Waals surface area contributed by atoms with Crippen molar-refractivity contribution in [1.82, 2.24) is 5.32 Å². The van der Waals surface area contributed by atoms with Gasteiger partial charge in [-0.3, -0.25) is 0 Å². The SMILES string of the molecule is O=C(N[C@]1(C(=O)O)Cc2c(-c3ccc4ccccc4c3)cc(C(=O)O)c(-c3ccc4ccccc4c3)c2C1)OCc1ccccc1. The van der Waals surface area contributed by atoms with Gasteiger partial charge in [-0.25, -0.2) is 14.4 Å². The van der Waals surface area contributed by atoms with Crippen molar-refractivity contribution >= 4 is 39.6 Å². The lowest BCUT2D eigenvalue weighted by Crippen LogP contribution is -2.55. The summed E-state index contributed by atoms with van der Waals surface area (Å²) in [6.07, 6.45) is -1.04. The molecule has 0 saturated carbocycles. The van der Waals surface area contributed by atoms with E-state index in [0.29, 0.717) is 27.8 Å². The van der Waals surface area contributed by atoms with E-state index < -0.39 is 23.6 Å². The highest BCUT2D eigenvalue weighted by molar-refractivity contribution is 6.03. The predicted octanol–water partition coefficient (Wildman–Crippen LogP) is 7.87. The number of aromatic carboxylic acids is 1. The van der Waals surface area contributed by atoms with Gasteiger partial charge in [-0.05, 0) is 78.7 Å². The van der Waals surface area contributed by atoms with Crippen LogP contribution in [0.15, 0.2) is 121 Å². The first-order valence-corrected chi connectivity index (χ1v) is 14.9. The lowest BCUT2D eigenvalue weighted by atomic mass is 9.86. The molecular formula is C39H29NO6. The molecule has 7 nitrogen and oxygen atoms in total. The predicted molar refractivity (Wildman–Crippen MR) is 177 cm³/mol. The molecule has 0 aromatic heterocycles. The number of hydrogen-bond donors (Lipinski definition) is 3. The van der Waals surface area contributed by atoms with Gasteiger partial charge in [0.1, 0.15) is 12.1 Å². The number of ether oxygens (including phenoxy) is 1. The molecule has 226 valence electrons. The fourth-order valence-corrected chi connectivity index (χ4v) is 6.55. The average molecular weight is 608 g/mol. The summed E-state index contributed by atoms with van der Waals surface area (Å²) in [4.78, 5) is 39.1. The zero-order chi connectivity index (χ0) is 31.8. The standard InChI is InChI=1S/C39H29NO6/c41-36(42)32-20-31(29-16-14-25-10-4-6-12-27(25)18-29)33-21-39(37(43)44,40-38(45)46-23-24-8-2-1-3-9-24)22-34(33)35(32)30-17-15-26-11-5-7-13-28(26)19-30/h1-20H,21-23H2,(H,40,45)(H,41,42)(H,43,44)/t39-/m1/s1. The minimum atomic E-state index is -1.76. The Hall–Kier alpha value is -5.95. The van der Waals surface area contributed by atoms with E-state index in [1.165, 1.54) is 0 Å². The molecule has 7 heteroatoms. The van der Waals surface area contributed by atoms with Gasteiger partial charge in [-0.15, -0.1) is 0 Å². The van der Waals surface area contributed by atoms with Gasteiger partial charge in [0.05, 0.1) is 5.56 Å². The third-order valence-corrected chi connectivity index (χ3v) is 8.80. The molecule has 0 aliphatic heterocycles. The summed E-state index contributed by atoms with van der Waals surface area (Å²) in [5.41, 5.74) is 2.79. The number of carbonyl (C=O) groups is 3. The van der Waals surface area contributed by atoms with Crippen LogP contribution < -0.4 is 5.32 Å². The molecule has 1 atom stereocenters. The Morgan fingerprint density at radius 3 is 1.85 bits per heavy atom. The van der Waals surface area contributed by atoms with E-state index in [1.54, 1.807) is 6.07 Å². The Balaban J connectivity index is 1.39. The molecule has 0 fully saturated rings. The summed E-state index contributed by atoms with van der Waals surface area (Å²) in [5, 5.41) is 27.8. The second kappa shape index (κ2) is 11.5. The van der Waals surface area contributed by atoms with Gasteiger partial charge < -0.3 is 20.3 Å². The minimum absolute atomic E-state index is 0.0246. The van der Waals surface area contributed by atoms with Crippen LogP contribution in [0.1, 0.15) is 27.0 Å². The number of hydrogen-bond acceptors (Lipinski definition) is 4. The molecule has 0 bridgehead atoms. The summed E-state index contributed by atoms with van der Waals surface area (Å²) in [5.74, 6) is -2.36. The van der Waals surface area contributed by atoms with Gasteiger partial charge in [-0.2, -0.15) is 0 Å². The smallest absolute Gasteiger partial charge is 0.408 e.